The normalized spacial score (nSPS) is 11.7. The zero-order valence-electron chi connectivity index (χ0n) is 20.3. The number of hydrogen-bond acceptors (Lipinski definition) is 6. The van der Waals surface area contributed by atoms with Crippen LogP contribution in [0.2, 0.25) is 0 Å². The number of nitrogens with zero attached hydrogens (tertiary/aromatic N) is 1. The van der Waals surface area contributed by atoms with Gasteiger partial charge in [0.15, 0.2) is 11.5 Å². The first kappa shape index (κ1) is 28.2. The van der Waals surface area contributed by atoms with E-state index in [0.29, 0.717) is 27.4 Å². The van der Waals surface area contributed by atoms with Gasteiger partial charge in [0, 0.05) is 11.0 Å². The van der Waals surface area contributed by atoms with Crippen LogP contribution in [-0.4, -0.2) is 26.3 Å². The summed E-state index contributed by atoms with van der Waals surface area (Å²) in [5, 5.41) is 0. The van der Waals surface area contributed by atoms with E-state index in [1.165, 1.54) is 30.4 Å². The molecular formula is C27H21BrF3NO6S. The molecule has 0 saturated carbocycles. The summed E-state index contributed by atoms with van der Waals surface area (Å²) in [4.78, 5) is 14.3. The molecule has 0 fully saturated rings. The number of furan rings is 1. The topological polar surface area (TPSA) is 86.0 Å². The van der Waals surface area contributed by atoms with Crippen LogP contribution in [0.4, 0.5) is 13.2 Å². The number of benzene rings is 3. The molecule has 0 bridgehead atoms. The number of carbonyl (C=O) groups excluding carboxylic acids is 1. The molecule has 204 valence electrons. The Kier molecular flexibility index (Phi) is 8.36. The van der Waals surface area contributed by atoms with E-state index >= 15 is 0 Å². The Balaban J connectivity index is 1.66. The number of ether oxygens (including phenoxy) is 1. The molecule has 0 aliphatic heterocycles. The highest BCUT2D eigenvalue weighted by molar-refractivity contribution is 9.10. The zero-order valence-corrected chi connectivity index (χ0v) is 22.7. The number of amides is 1. The quantitative estimate of drug-likeness (QED) is 0.193. The molecule has 0 unspecified atom stereocenters. The summed E-state index contributed by atoms with van der Waals surface area (Å²) >= 11 is 3.39. The summed E-state index contributed by atoms with van der Waals surface area (Å²) in [6.45, 7) is 0.128. The van der Waals surface area contributed by atoms with Crippen molar-refractivity contribution in [3.8, 4) is 11.5 Å². The predicted octanol–water partition coefficient (Wildman–Crippen LogP) is 6.68. The molecular weight excluding hydrogens is 603 g/mol. The van der Waals surface area contributed by atoms with Crippen molar-refractivity contribution in [2.75, 3.05) is 7.11 Å². The van der Waals surface area contributed by atoms with E-state index in [2.05, 4.69) is 15.9 Å². The van der Waals surface area contributed by atoms with E-state index in [1.807, 2.05) is 0 Å². The lowest BCUT2D eigenvalue weighted by Crippen LogP contribution is -2.30. The fourth-order valence-corrected chi connectivity index (χ4v) is 5.13. The number of hydrogen-bond donors (Lipinski definition) is 0. The van der Waals surface area contributed by atoms with Crippen LogP contribution in [0.25, 0.3) is 0 Å². The molecule has 4 aromatic rings. The summed E-state index contributed by atoms with van der Waals surface area (Å²) in [6.07, 6.45) is -3.25. The molecule has 0 saturated heterocycles. The molecule has 0 spiro atoms. The molecule has 0 aliphatic rings. The SMILES string of the molecule is COc1ccc(CN(Cc2ccco2)C(=O)c2ccccc2Br)cc1OS(=O)(=O)c1cccc(C(F)(F)F)c1. The summed E-state index contributed by atoms with van der Waals surface area (Å²) in [7, 11) is -3.37. The lowest BCUT2D eigenvalue weighted by Gasteiger charge is -2.23. The minimum Gasteiger partial charge on any atom is -0.493 e. The van der Waals surface area contributed by atoms with Gasteiger partial charge in [-0.05, 0) is 76.1 Å². The number of alkyl halides is 3. The lowest BCUT2D eigenvalue weighted by molar-refractivity contribution is -0.137. The molecule has 7 nitrogen and oxygen atoms in total. The second kappa shape index (κ2) is 11.5. The summed E-state index contributed by atoms with van der Waals surface area (Å²) in [5.74, 6) is -0.0241. The third kappa shape index (κ3) is 6.82. The minimum atomic E-state index is -4.74. The third-order valence-corrected chi connectivity index (χ3v) is 7.49. The van der Waals surface area contributed by atoms with E-state index in [0.717, 1.165) is 18.2 Å². The Hall–Kier alpha value is -3.77. The summed E-state index contributed by atoms with van der Waals surface area (Å²) in [5.41, 5.74) is -0.259. The maximum Gasteiger partial charge on any atom is 0.416 e. The Labute approximate surface area is 231 Å². The average molecular weight is 624 g/mol. The molecule has 1 aromatic heterocycles. The Morgan fingerprint density at radius 1 is 0.949 bits per heavy atom. The molecule has 12 heteroatoms. The van der Waals surface area contributed by atoms with Crippen molar-refractivity contribution < 1.29 is 39.7 Å². The predicted molar refractivity (Wildman–Crippen MR) is 139 cm³/mol. The summed E-state index contributed by atoms with van der Waals surface area (Å²) in [6, 6.07) is 17.9. The van der Waals surface area contributed by atoms with Crippen LogP contribution in [0.1, 0.15) is 27.2 Å². The molecule has 0 radical (unpaired) electrons. The van der Waals surface area contributed by atoms with Crippen molar-refractivity contribution in [3.05, 3.63) is 112 Å². The van der Waals surface area contributed by atoms with Crippen LogP contribution in [0.5, 0.6) is 11.5 Å². The van der Waals surface area contributed by atoms with Gasteiger partial charge in [-0.25, -0.2) is 0 Å². The molecule has 0 aliphatic carbocycles. The standard InChI is InChI=1S/C27H21BrF3NO6S/c1-36-24-12-11-18(14-25(24)38-39(34,35)21-8-4-6-19(15-21)27(29,30)31)16-32(17-20-7-5-13-37-20)26(33)22-9-2-3-10-23(22)28/h2-15H,16-17H2,1H3. The van der Waals surface area contributed by atoms with Gasteiger partial charge in [-0.15, -0.1) is 0 Å². The van der Waals surface area contributed by atoms with Crippen molar-refractivity contribution in [1.82, 2.24) is 4.90 Å². The van der Waals surface area contributed by atoms with Gasteiger partial charge in [0.25, 0.3) is 5.91 Å². The zero-order chi connectivity index (χ0) is 28.2. The van der Waals surface area contributed by atoms with Gasteiger partial charge < -0.3 is 18.2 Å². The Morgan fingerprint density at radius 2 is 1.72 bits per heavy atom. The van der Waals surface area contributed by atoms with Gasteiger partial charge in [0.05, 0.1) is 31.0 Å². The highest BCUT2D eigenvalue weighted by Crippen LogP contribution is 2.34. The average Bonchev–Trinajstić information content (AvgIpc) is 3.41. The van der Waals surface area contributed by atoms with Gasteiger partial charge in [-0.3, -0.25) is 4.79 Å². The van der Waals surface area contributed by atoms with Crippen LogP contribution in [0.15, 0.2) is 98.9 Å². The van der Waals surface area contributed by atoms with E-state index in [-0.39, 0.29) is 30.5 Å². The monoisotopic (exact) mass is 623 g/mol. The van der Waals surface area contributed by atoms with Gasteiger partial charge in [0.2, 0.25) is 0 Å². The van der Waals surface area contributed by atoms with Gasteiger partial charge in [-0.2, -0.15) is 21.6 Å². The number of halogens is 4. The van der Waals surface area contributed by atoms with Gasteiger partial charge in [-0.1, -0.05) is 24.3 Å². The number of methoxy groups -OCH3 is 1. The van der Waals surface area contributed by atoms with E-state index < -0.39 is 26.8 Å². The molecule has 1 heterocycles. The van der Waals surface area contributed by atoms with Gasteiger partial charge in [0.1, 0.15) is 10.7 Å². The number of rotatable bonds is 9. The van der Waals surface area contributed by atoms with Gasteiger partial charge >= 0.3 is 16.3 Å². The van der Waals surface area contributed by atoms with E-state index in [1.54, 1.807) is 42.5 Å². The van der Waals surface area contributed by atoms with Crippen molar-refractivity contribution >= 4 is 32.0 Å². The first-order valence-electron chi connectivity index (χ1n) is 11.3. The van der Waals surface area contributed by atoms with Crippen LogP contribution in [-0.2, 0) is 29.4 Å². The van der Waals surface area contributed by atoms with E-state index in [4.69, 9.17) is 13.3 Å². The highest BCUT2D eigenvalue weighted by Gasteiger charge is 2.32. The van der Waals surface area contributed by atoms with Crippen LogP contribution >= 0.6 is 15.9 Å². The molecule has 39 heavy (non-hydrogen) atoms. The third-order valence-electron chi connectivity index (χ3n) is 5.57. The fraction of sp³-hybridized carbons (Fsp3) is 0.148. The van der Waals surface area contributed by atoms with Crippen molar-refractivity contribution in [2.45, 2.75) is 24.2 Å². The maximum atomic E-state index is 13.4. The molecule has 0 N–H and O–H groups in total. The molecule has 3 aromatic carbocycles. The second-order valence-corrected chi connectivity index (χ2v) is 10.7. The van der Waals surface area contributed by atoms with Crippen molar-refractivity contribution in [3.63, 3.8) is 0 Å². The van der Waals surface area contributed by atoms with E-state index in [9.17, 15) is 26.4 Å². The van der Waals surface area contributed by atoms with Crippen LogP contribution in [0.3, 0.4) is 0 Å². The lowest BCUT2D eigenvalue weighted by atomic mass is 10.1. The maximum absolute atomic E-state index is 13.4. The first-order valence-corrected chi connectivity index (χ1v) is 13.5. The first-order chi connectivity index (χ1) is 18.5. The summed E-state index contributed by atoms with van der Waals surface area (Å²) < 4.78 is 81.6. The molecule has 1 amide bonds. The Bertz CT molecular complexity index is 1570. The molecule has 0 atom stereocenters. The fourth-order valence-electron chi connectivity index (χ4n) is 3.69. The van der Waals surface area contributed by atoms with Crippen molar-refractivity contribution in [2.24, 2.45) is 0 Å². The number of carbonyl (C=O) groups is 1. The second-order valence-electron chi connectivity index (χ2n) is 8.27. The highest BCUT2D eigenvalue weighted by atomic mass is 79.9. The van der Waals surface area contributed by atoms with Crippen LogP contribution < -0.4 is 8.92 Å². The Morgan fingerprint density at radius 3 is 2.38 bits per heavy atom. The smallest absolute Gasteiger partial charge is 0.416 e. The van der Waals surface area contributed by atoms with Crippen LogP contribution in [0, 0.1) is 0 Å². The molecule has 4 rings (SSSR count). The minimum absolute atomic E-state index is 0.0187. The van der Waals surface area contributed by atoms with Crippen molar-refractivity contribution in [1.29, 1.82) is 0 Å². The largest absolute Gasteiger partial charge is 0.493 e.